The highest BCUT2D eigenvalue weighted by atomic mass is 16.4. The molecule has 1 aromatic heterocycles. The maximum atomic E-state index is 10.2. The SMILES string of the molecule is CCC(NCC(C)(O)c1ccco1)C(C)C. The van der Waals surface area contributed by atoms with Crippen LogP contribution >= 0.6 is 0 Å². The van der Waals surface area contributed by atoms with E-state index in [1.165, 1.54) is 0 Å². The van der Waals surface area contributed by atoms with E-state index >= 15 is 0 Å². The van der Waals surface area contributed by atoms with Crippen molar-refractivity contribution in [3.63, 3.8) is 0 Å². The van der Waals surface area contributed by atoms with Crippen LogP contribution in [0.4, 0.5) is 0 Å². The van der Waals surface area contributed by atoms with Crippen molar-refractivity contribution < 1.29 is 9.52 Å². The van der Waals surface area contributed by atoms with Gasteiger partial charge in [0.15, 0.2) is 0 Å². The Bertz CT molecular complexity index is 291. The molecular formula is C13H23NO2. The van der Waals surface area contributed by atoms with Gasteiger partial charge in [-0.15, -0.1) is 0 Å². The number of rotatable bonds is 6. The molecule has 2 atom stereocenters. The molecule has 1 heterocycles. The molecule has 3 nitrogen and oxygen atoms in total. The largest absolute Gasteiger partial charge is 0.466 e. The molecule has 0 saturated heterocycles. The summed E-state index contributed by atoms with van der Waals surface area (Å²) in [5.41, 5.74) is -0.939. The van der Waals surface area contributed by atoms with Crippen LogP contribution in [0.3, 0.4) is 0 Å². The van der Waals surface area contributed by atoms with Crippen LogP contribution in [0.5, 0.6) is 0 Å². The van der Waals surface area contributed by atoms with Gasteiger partial charge in [-0.1, -0.05) is 20.8 Å². The third kappa shape index (κ3) is 3.35. The van der Waals surface area contributed by atoms with Crippen LogP contribution in [0.15, 0.2) is 22.8 Å². The second-order valence-corrected chi connectivity index (χ2v) is 4.89. The molecule has 92 valence electrons. The number of aliphatic hydroxyl groups is 1. The maximum Gasteiger partial charge on any atom is 0.136 e. The van der Waals surface area contributed by atoms with Crippen molar-refractivity contribution in [3.8, 4) is 0 Å². The van der Waals surface area contributed by atoms with E-state index in [9.17, 15) is 5.11 Å². The molecule has 0 radical (unpaired) electrons. The van der Waals surface area contributed by atoms with Gasteiger partial charge in [-0.2, -0.15) is 0 Å². The topological polar surface area (TPSA) is 45.4 Å². The maximum absolute atomic E-state index is 10.2. The van der Waals surface area contributed by atoms with Crippen LogP contribution in [0.1, 0.15) is 39.9 Å². The standard InChI is InChI=1S/C13H23NO2/c1-5-11(10(2)3)14-9-13(4,15)12-7-6-8-16-12/h6-8,10-11,14-15H,5,9H2,1-4H3. The molecule has 16 heavy (non-hydrogen) atoms. The summed E-state index contributed by atoms with van der Waals surface area (Å²) in [7, 11) is 0. The summed E-state index contributed by atoms with van der Waals surface area (Å²) in [6.45, 7) is 8.80. The van der Waals surface area contributed by atoms with E-state index in [1.807, 2.05) is 0 Å². The molecule has 3 heteroatoms. The van der Waals surface area contributed by atoms with Crippen LogP contribution in [0, 0.1) is 5.92 Å². The molecule has 0 fully saturated rings. The monoisotopic (exact) mass is 225 g/mol. The van der Waals surface area contributed by atoms with Gasteiger partial charge in [0.25, 0.3) is 0 Å². The van der Waals surface area contributed by atoms with Crippen molar-refractivity contribution >= 4 is 0 Å². The molecule has 0 bridgehead atoms. The van der Waals surface area contributed by atoms with Crippen LogP contribution in [-0.2, 0) is 5.60 Å². The molecule has 0 aliphatic rings. The Morgan fingerprint density at radius 3 is 2.62 bits per heavy atom. The number of furan rings is 1. The van der Waals surface area contributed by atoms with Crippen molar-refractivity contribution in [3.05, 3.63) is 24.2 Å². The lowest BCUT2D eigenvalue weighted by atomic mass is 9.99. The van der Waals surface area contributed by atoms with Gasteiger partial charge in [-0.05, 0) is 31.4 Å². The van der Waals surface area contributed by atoms with Gasteiger partial charge in [0, 0.05) is 12.6 Å². The van der Waals surface area contributed by atoms with Crippen LogP contribution < -0.4 is 5.32 Å². The van der Waals surface area contributed by atoms with E-state index in [-0.39, 0.29) is 0 Å². The summed E-state index contributed by atoms with van der Waals surface area (Å²) in [5.74, 6) is 1.18. The van der Waals surface area contributed by atoms with Crippen molar-refractivity contribution in [2.24, 2.45) is 5.92 Å². The van der Waals surface area contributed by atoms with E-state index < -0.39 is 5.60 Å². The minimum atomic E-state index is -0.939. The first-order valence-corrected chi connectivity index (χ1v) is 5.97. The third-order valence-electron chi connectivity index (χ3n) is 3.01. The molecule has 0 saturated carbocycles. The number of hydrogen-bond donors (Lipinski definition) is 2. The molecule has 0 spiro atoms. The predicted molar refractivity (Wildman–Crippen MR) is 65.2 cm³/mol. The van der Waals surface area contributed by atoms with Crippen LogP contribution in [-0.4, -0.2) is 17.7 Å². The Kier molecular flexibility index (Phi) is 4.56. The fourth-order valence-electron chi connectivity index (χ4n) is 1.85. The predicted octanol–water partition coefficient (Wildman–Crippen LogP) is 2.51. The average Bonchev–Trinajstić information content (AvgIpc) is 2.71. The summed E-state index contributed by atoms with van der Waals surface area (Å²) >= 11 is 0. The first-order valence-electron chi connectivity index (χ1n) is 5.97. The Morgan fingerprint density at radius 1 is 1.50 bits per heavy atom. The van der Waals surface area contributed by atoms with E-state index in [1.54, 1.807) is 25.3 Å². The Balaban J connectivity index is 2.54. The lowest BCUT2D eigenvalue weighted by Crippen LogP contribution is -2.42. The minimum absolute atomic E-state index is 0.432. The van der Waals surface area contributed by atoms with Gasteiger partial charge >= 0.3 is 0 Å². The second-order valence-electron chi connectivity index (χ2n) is 4.89. The zero-order chi connectivity index (χ0) is 12.2. The highest BCUT2D eigenvalue weighted by molar-refractivity contribution is 5.08. The normalized spacial score (nSPS) is 17.4. The molecule has 0 aliphatic heterocycles. The Hall–Kier alpha value is -0.800. The lowest BCUT2D eigenvalue weighted by molar-refractivity contribution is 0.0299. The van der Waals surface area contributed by atoms with Gasteiger partial charge in [0.05, 0.1) is 6.26 Å². The van der Waals surface area contributed by atoms with E-state index in [0.717, 1.165) is 6.42 Å². The van der Waals surface area contributed by atoms with Crippen LogP contribution in [0.25, 0.3) is 0 Å². The smallest absolute Gasteiger partial charge is 0.136 e. The highest BCUT2D eigenvalue weighted by Gasteiger charge is 2.27. The Labute approximate surface area is 97.9 Å². The Morgan fingerprint density at radius 2 is 2.19 bits per heavy atom. The van der Waals surface area contributed by atoms with Crippen molar-refractivity contribution in [1.82, 2.24) is 5.32 Å². The molecule has 1 aromatic rings. The van der Waals surface area contributed by atoms with E-state index in [4.69, 9.17) is 4.42 Å². The summed E-state index contributed by atoms with van der Waals surface area (Å²) in [5, 5.41) is 13.6. The summed E-state index contributed by atoms with van der Waals surface area (Å²) in [6, 6.07) is 4.03. The lowest BCUT2D eigenvalue weighted by Gasteiger charge is -2.27. The van der Waals surface area contributed by atoms with Gasteiger partial charge in [-0.25, -0.2) is 0 Å². The summed E-state index contributed by atoms with van der Waals surface area (Å²) in [6.07, 6.45) is 2.65. The van der Waals surface area contributed by atoms with Crippen molar-refractivity contribution in [1.29, 1.82) is 0 Å². The molecular weight excluding hydrogens is 202 g/mol. The van der Waals surface area contributed by atoms with E-state index in [0.29, 0.717) is 24.3 Å². The first kappa shape index (κ1) is 13.3. The van der Waals surface area contributed by atoms with Crippen molar-refractivity contribution in [2.75, 3.05) is 6.54 Å². The van der Waals surface area contributed by atoms with Crippen LogP contribution in [0.2, 0.25) is 0 Å². The second kappa shape index (κ2) is 5.51. The third-order valence-corrected chi connectivity index (χ3v) is 3.01. The summed E-state index contributed by atoms with van der Waals surface area (Å²) < 4.78 is 5.23. The first-order chi connectivity index (χ1) is 7.47. The average molecular weight is 225 g/mol. The van der Waals surface area contributed by atoms with Gasteiger partial charge in [-0.3, -0.25) is 0 Å². The van der Waals surface area contributed by atoms with Gasteiger partial charge < -0.3 is 14.8 Å². The molecule has 2 N–H and O–H groups in total. The molecule has 2 unspecified atom stereocenters. The van der Waals surface area contributed by atoms with Gasteiger partial charge in [0.2, 0.25) is 0 Å². The highest BCUT2D eigenvalue weighted by Crippen LogP contribution is 2.20. The quantitative estimate of drug-likeness (QED) is 0.782. The van der Waals surface area contributed by atoms with Crippen molar-refractivity contribution in [2.45, 2.75) is 45.8 Å². The molecule has 0 aromatic carbocycles. The number of hydrogen-bond acceptors (Lipinski definition) is 3. The molecule has 1 rings (SSSR count). The fraction of sp³-hybridized carbons (Fsp3) is 0.692. The number of nitrogens with one attached hydrogen (secondary N) is 1. The fourth-order valence-corrected chi connectivity index (χ4v) is 1.85. The zero-order valence-electron chi connectivity index (χ0n) is 10.7. The summed E-state index contributed by atoms with van der Waals surface area (Å²) in [4.78, 5) is 0. The zero-order valence-corrected chi connectivity index (χ0v) is 10.7. The minimum Gasteiger partial charge on any atom is -0.466 e. The molecule has 0 amide bonds. The van der Waals surface area contributed by atoms with Gasteiger partial charge in [0.1, 0.15) is 11.4 Å². The molecule has 0 aliphatic carbocycles. The van der Waals surface area contributed by atoms with E-state index in [2.05, 4.69) is 26.1 Å².